The van der Waals surface area contributed by atoms with E-state index in [4.69, 9.17) is 4.42 Å². The number of hydrogen-bond donors (Lipinski definition) is 2. The molecule has 1 heterocycles. The van der Waals surface area contributed by atoms with Crippen molar-refractivity contribution in [2.24, 2.45) is 0 Å². The Balaban J connectivity index is 1.50. The van der Waals surface area contributed by atoms with Gasteiger partial charge in [0.15, 0.2) is 0 Å². The zero-order valence-corrected chi connectivity index (χ0v) is 14.0. The van der Waals surface area contributed by atoms with Crippen LogP contribution in [0.4, 0.5) is 13.2 Å². The molecule has 0 saturated carbocycles. The number of halogens is 3. The lowest BCUT2D eigenvalue weighted by atomic mass is 10.1. The van der Waals surface area contributed by atoms with Crippen LogP contribution < -0.4 is 10.6 Å². The van der Waals surface area contributed by atoms with Crippen LogP contribution >= 0.6 is 0 Å². The molecule has 2 N–H and O–H groups in total. The summed E-state index contributed by atoms with van der Waals surface area (Å²) in [6, 6.07) is 10.7. The number of benzene rings is 2. The van der Waals surface area contributed by atoms with Crippen LogP contribution in [0.15, 0.2) is 59.2 Å². The molecule has 0 aliphatic carbocycles. The van der Waals surface area contributed by atoms with E-state index in [-0.39, 0.29) is 24.6 Å². The third-order valence-corrected chi connectivity index (χ3v) is 3.91. The molecule has 0 aliphatic heterocycles. The van der Waals surface area contributed by atoms with Gasteiger partial charge in [0.2, 0.25) is 0 Å². The first kappa shape index (κ1) is 18.5. The number of fused-ring (bicyclic) bond motifs is 1. The van der Waals surface area contributed by atoms with Gasteiger partial charge in [-0.25, -0.2) is 0 Å². The summed E-state index contributed by atoms with van der Waals surface area (Å²) < 4.78 is 42.8. The molecule has 1 aromatic heterocycles. The highest BCUT2D eigenvalue weighted by Gasteiger charge is 2.30. The number of alkyl halides is 3. The third-order valence-electron chi connectivity index (χ3n) is 3.91. The Morgan fingerprint density at radius 2 is 1.56 bits per heavy atom. The Labute approximate surface area is 152 Å². The van der Waals surface area contributed by atoms with Crippen LogP contribution in [0.3, 0.4) is 0 Å². The van der Waals surface area contributed by atoms with E-state index in [0.717, 1.165) is 24.3 Å². The van der Waals surface area contributed by atoms with E-state index < -0.39 is 17.6 Å². The summed E-state index contributed by atoms with van der Waals surface area (Å²) in [5, 5.41) is 5.90. The van der Waals surface area contributed by atoms with Crippen LogP contribution in [0.5, 0.6) is 0 Å². The monoisotopic (exact) mass is 376 g/mol. The normalized spacial score (nSPS) is 11.4. The number of hydrogen-bond acceptors (Lipinski definition) is 3. The molecule has 5 nitrogen and oxygen atoms in total. The topological polar surface area (TPSA) is 71.3 Å². The average Bonchev–Trinajstić information content (AvgIpc) is 3.13. The van der Waals surface area contributed by atoms with Crippen molar-refractivity contribution >= 4 is 22.8 Å². The van der Waals surface area contributed by atoms with Gasteiger partial charge in [-0.1, -0.05) is 6.07 Å². The molecule has 0 atom stereocenters. The first-order valence-electron chi connectivity index (χ1n) is 8.06. The quantitative estimate of drug-likeness (QED) is 0.669. The molecule has 0 radical (unpaired) electrons. The summed E-state index contributed by atoms with van der Waals surface area (Å²) in [5.74, 6) is -0.833. The Bertz CT molecular complexity index is 962. The van der Waals surface area contributed by atoms with Crippen molar-refractivity contribution < 1.29 is 27.2 Å². The number of nitrogens with one attached hydrogen (secondary N) is 2. The van der Waals surface area contributed by atoms with Gasteiger partial charge in [-0.3, -0.25) is 9.59 Å². The summed E-state index contributed by atoms with van der Waals surface area (Å²) >= 11 is 0. The highest BCUT2D eigenvalue weighted by Crippen LogP contribution is 2.29. The average molecular weight is 376 g/mol. The van der Waals surface area contributed by atoms with E-state index in [1.165, 1.54) is 6.26 Å². The highest BCUT2D eigenvalue weighted by molar-refractivity contribution is 6.05. The zero-order chi connectivity index (χ0) is 19.4. The van der Waals surface area contributed by atoms with Crippen LogP contribution in [-0.4, -0.2) is 24.9 Å². The van der Waals surface area contributed by atoms with Gasteiger partial charge < -0.3 is 15.1 Å². The number of rotatable bonds is 5. The van der Waals surface area contributed by atoms with E-state index in [1.807, 2.05) is 0 Å². The van der Waals surface area contributed by atoms with Crippen molar-refractivity contribution in [2.75, 3.05) is 13.1 Å². The Kier molecular flexibility index (Phi) is 5.16. The third kappa shape index (κ3) is 4.28. The van der Waals surface area contributed by atoms with Crippen molar-refractivity contribution in [3.63, 3.8) is 0 Å². The standard InChI is InChI=1S/C19H15F3N2O3/c20-19(21,22)13-6-4-12(5-7-13)17(25)23-9-10-24-18(26)15-2-1-3-16-14(15)8-11-27-16/h1-8,11H,9-10H2,(H,23,25)(H,24,26). The van der Waals surface area contributed by atoms with E-state index in [0.29, 0.717) is 16.5 Å². The van der Waals surface area contributed by atoms with Gasteiger partial charge in [0.05, 0.1) is 17.4 Å². The second kappa shape index (κ2) is 7.53. The predicted molar refractivity (Wildman–Crippen MR) is 92.3 cm³/mol. The van der Waals surface area contributed by atoms with Gasteiger partial charge in [-0.15, -0.1) is 0 Å². The van der Waals surface area contributed by atoms with Gasteiger partial charge in [0.1, 0.15) is 5.58 Å². The fourth-order valence-corrected chi connectivity index (χ4v) is 2.55. The maximum absolute atomic E-state index is 12.5. The second-order valence-corrected chi connectivity index (χ2v) is 5.72. The first-order valence-corrected chi connectivity index (χ1v) is 8.06. The van der Waals surface area contributed by atoms with Crippen molar-refractivity contribution in [3.05, 3.63) is 71.5 Å². The second-order valence-electron chi connectivity index (χ2n) is 5.72. The molecular formula is C19H15F3N2O3. The van der Waals surface area contributed by atoms with Crippen LogP contribution in [0.1, 0.15) is 26.3 Å². The van der Waals surface area contributed by atoms with Crippen molar-refractivity contribution in [3.8, 4) is 0 Å². The molecule has 27 heavy (non-hydrogen) atoms. The van der Waals surface area contributed by atoms with Crippen LogP contribution in [-0.2, 0) is 6.18 Å². The van der Waals surface area contributed by atoms with Crippen LogP contribution in [0, 0.1) is 0 Å². The summed E-state index contributed by atoms with van der Waals surface area (Å²) in [6.45, 7) is 0.298. The molecule has 140 valence electrons. The van der Waals surface area contributed by atoms with E-state index in [1.54, 1.807) is 24.3 Å². The highest BCUT2D eigenvalue weighted by atomic mass is 19.4. The SMILES string of the molecule is O=C(NCCNC(=O)c1cccc2occc12)c1ccc(C(F)(F)F)cc1. The van der Waals surface area contributed by atoms with Crippen LogP contribution in [0.2, 0.25) is 0 Å². The summed E-state index contributed by atoms with van der Waals surface area (Å²) in [7, 11) is 0. The maximum atomic E-state index is 12.5. The number of carbonyl (C=O) groups is 2. The molecular weight excluding hydrogens is 361 g/mol. The molecule has 2 amide bonds. The fraction of sp³-hybridized carbons (Fsp3) is 0.158. The van der Waals surface area contributed by atoms with E-state index in [2.05, 4.69) is 10.6 Å². The molecule has 0 bridgehead atoms. The minimum atomic E-state index is -4.45. The molecule has 0 unspecified atom stereocenters. The minimum Gasteiger partial charge on any atom is -0.464 e. The molecule has 0 saturated heterocycles. The Morgan fingerprint density at radius 3 is 2.22 bits per heavy atom. The van der Waals surface area contributed by atoms with Crippen LogP contribution in [0.25, 0.3) is 11.0 Å². The largest absolute Gasteiger partial charge is 0.464 e. The van der Waals surface area contributed by atoms with Gasteiger partial charge in [0, 0.05) is 24.0 Å². The number of furan rings is 1. The molecule has 0 aliphatic rings. The summed E-state index contributed by atoms with van der Waals surface area (Å²) in [5.41, 5.74) is 0.339. The lowest BCUT2D eigenvalue weighted by Gasteiger charge is -2.09. The summed E-state index contributed by atoms with van der Waals surface area (Å²) in [6.07, 6.45) is -2.96. The lowest BCUT2D eigenvalue weighted by Crippen LogP contribution is -2.34. The molecule has 8 heteroatoms. The van der Waals surface area contributed by atoms with Gasteiger partial charge in [-0.2, -0.15) is 13.2 Å². The Hall–Kier alpha value is -3.29. The fourth-order valence-electron chi connectivity index (χ4n) is 2.55. The lowest BCUT2D eigenvalue weighted by molar-refractivity contribution is -0.137. The zero-order valence-electron chi connectivity index (χ0n) is 14.0. The van der Waals surface area contributed by atoms with Crippen molar-refractivity contribution in [1.82, 2.24) is 10.6 Å². The minimum absolute atomic E-state index is 0.109. The van der Waals surface area contributed by atoms with E-state index >= 15 is 0 Å². The smallest absolute Gasteiger partial charge is 0.416 e. The molecule has 2 aromatic carbocycles. The number of carbonyl (C=O) groups excluding carboxylic acids is 2. The van der Waals surface area contributed by atoms with Gasteiger partial charge in [-0.05, 0) is 42.5 Å². The predicted octanol–water partition coefficient (Wildman–Crippen LogP) is 3.61. The summed E-state index contributed by atoms with van der Waals surface area (Å²) in [4.78, 5) is 24.2. The first-order chi connectivity index (χ1) is 12.9. The molecule has 0 spiro atoms. The van der Waals surface area contributed by atoms with Crippen molar-refractivity contribution in [1.29, 1.82) is 0 Å². The van der Waals surface area contributed by atoms with E-state index in [9.17, 15) is 22.8 Å². The molecule has 3 rings (SSSR count). The molecule has 0 fully saturated rings. The maximum Gasteiger partial charge on any atom is 0.416 e. The Morgan fingerprint density at radius 1 is 0.889 bits per heavy atom. The molecule has 3 aromatic rings. The van der Waals surface area contributed by atoms with Crippen molar-refractivity contribution in [2.45, 2.75) is 6.18 Å². The van der Waals surface area contributed by atoms with Gasteiger partial charge in [0.25, 0.3) is 11.8 Å². The number of amides is 2. The van der Waals surface area contributed by atoms with Gasteiger partial charge >= 0.3 is 6.18 Å².